The highest BCUT2D eigenvalue weighted by Crippen LogP contribution is 2.39. The largest absolute Gasteiger partial charge is 0.383 e. The van der Waals surface area contributed by atoms with Crippen LogP contribution in [-0.2, 0) is 4.74 Å². The zero-order valence-electron chi connectivity index (χ0n) is 10.7. The standard InChI is InChI=1S/C12H20N4O/c1-7(6-17-3)14-11-8(2)10(13)15-12(16-11)9-4-5-9/h7,9H,4-6H2,1-3H3,(H3,13,14,15,16). The number of hydrogen-bond donors (Lipinski definition) is 2. The van der Waals surface area contributed by atoms with Crippen LogP contribution in [0.15, 0.2) is 0 Å². The number of nitrogens with one attached hydrogen (secondary N) is 1. The topological polar surface area (TPSA) is 73.1 Å². The molecule has 0 radical (unpaired) electrons. The summed E-state index contributed by atoms with van der Waals surface area (Å²) in [7, 11) is 1.69. The Bertz CT molecular complexity index is 404. The fraction of sp³-hybridized carbons (Fsp3) is 0.667. The maximum atomic E-state index is 5.91. The number of ether oxygens (including phenoxy) is 1. The summed E-state index contributed by atoms with van der Waals surface area (Å²) in [6.45, 7) is 4.63. The number of hydrogen-bond acceptors (Lipinski definition) is 5. The van der Waals surface area contributed by atoms with Crippen molar-refractivity contribution < 1.29 is 4.74 Å². The molecule has 0 aliphatic heterocycles. The Kier molecular flexibility index (Phi) is 3.47. The molecule has 1 aliphatic carbocycles. The van der Waals surface area contributed by atoms with Crippen LogP contribution in [-0.4, -0.2) is 29.7 Å². The molecule has 1 atom stereocenters. The smallest absolute Gasteiger partial charge is 0.136 e. The van der Waals surface area contributed by atoms with Crippen molar-refractivity contribution in [3.05, 3.63) is 11.4 Å². The van der Waals surface area contributed by atoms with E-state index in [2.05, 4.69) is 22.2 Å². The van der Waals surface area contributed by atoms with E-state index in [4.69, 9.17) is 10.5 Å². The molecule has 5 nitrogen and oxygen atoms in total. The number of methoxy groups -OCH3 is 1. The number of rotatable bonds is 5. The Hall–Kier alpha value is -1.36. The molecule has 1 unspecified atom stereocenters. The van der Waals surface area contributed by atoms with Crippen LogP contribution < -0.4 is 11.1 Å². The number of aromatic nitrogens is 2. The molecule has 0 amide bonds. The van der Waals surface area contributed by atoms with Gasteiger partial charge in [-0.05, 0) is 26.7 Å². The molecule has 0 spiro atoms. The van der Waals surface area contributed by atoms with Gasteiger partial charge in [0, 0.05) is 24.6 Å². The van der Waals surface area contributed by atoms with Gasteiger partial charge in [0.2, 0.25) is 0 Å². The first-order valence-electron chi connectivity index (χ1n) is 6.01. The summed E-state index contributed by atoms with van der Waals surface area (Å²) in [5.41, 5.74) is 6.83. The zero-order valence-corrected chi connectivity index (χ0v) is 10.7. The highest BCUT2D eigenvalue weighted by Gasteiger charge is 2.28. The first-order chi connectivity index (χ1) is 8.11. The molecule has 1 aromatic rings. The highest BCUT2D eigenvalue weighted by atomic mass is 16.5. The Labute approximate surface area is 102 Å². The van der Waals surface area contributed by atoms with Crippen molar-refractivity contribution in [3.8, 4) is 0 Å². The predicted molar refractivity (Wildman–Crippen MR) is 68.1 cm³/mol. The van der Waals surface area contributed by atoms with Gasteiger partial charge >= 0.3 is 0 Å². The van der Waals surface area contributed by atoms with Gasteiger partial charge in [-0.25, -0.2) is 9.97 Å². The van der Waals surface area contributed by atoms with Crippen LogP contribution in [0.25, 0.3) is 0 Å². The minimum atomic E-state index is 0.208. The average Bonchev–Trinajstić information content (AvgIpc) is 3.08. The van der Waals surface area contributed by atoms with E-state index >= 15 is 0 Å². The summed E-state index contributed by atoms with van der Waals surface area (Å²) in [6, 6.07) is 0.208. The maximum absolute atomic E-state index is 5.91. The van der Waals surface area contributed by atoms with E-state index in [-0.39, 0.29) is 6.04 Å². The summed E-state index contributed by atoms with van der Waals surface area (Å²) in [5.74, 6) is 2.80. The van der Waals surface area contributed by atoms with Gasteiger partial charge in [-0.2, -0.15) is 0 Å². The van der Waals surface area contributed by atoms with Crippen molar-refractivity contribution in [2.45, 2.75) is 38.6 Å². The molecule has 1 aliphatic rings. The molecule has 94 valence electrons. The van der Waals surface area contributed by atoms with Crippen LogP contribution in [0.5, 0.6) is 0 Å². The fourth-order valence-electron chi connectivity index (χ4n) is 1.74. The van der Waals surface area contributed by atoms with Gasteiger partial charge in [0.15, 0.2) is 0 Å². The lowest BCUT2D eigenvalue weighted by Crippen LogP contribution is -2.23. The number of nitrogens with zero attached hydrogens (tertiary/aromatic N) is 2. The molecule has 0 bridgehead atoms. The minimum Gasteiger partial charge on any atom is -0.383 e. The third kappa shape index (κ3) is 2.85. The fourth-order valence-corrected chi connectivity index (χ4v) is 1.74. The lowest BCUT2D eigenvalue weighted by Gasteiger charge is -2.16. The molecule has 0 saturated heterocycles. The molecule has 0 aromatic carbocycles. The molecule has 1 saturated carbocycles. The molecular weight excluding hydrogens is 216 g/mol. The molecule has 1 fully saturated rings. The lowest BCUT2D eigenvalue weighted by molar-refractivity contribution is 0.190. The van der Waals surface area contributed by atoms with Gasteiger partial charge in [-0.15, -0.1) is 0 Å². The van der Waals surface area contributed by atoms with Crippen LogP contribution in [0.2, 0.25) is 0 Å². The number of nitrogen functional groups attached to an aromatic ring is 1. The van der Waals surface area contributed by atoms with Gasteiger partial charge in [-0.3, -0.25) is 0 Å². The molecule has 1 aromatic heterocycles. The Morgan fingerprint density at radius 3 is 2.76 bits per heavy atom. The minimum absolute atomic E-state index is 0.208. The first kappa shape index (κ1) is 12.1. The quantitative estimate of drug-likeness (QED) is 0.814. The van der Waals surface area contributed by atoms with E-state index in [0.717, 1.165) is 17.2 Å². The SMILES string of the molecule is COCC(C)Nc1nc(C2CC2)nc(N)c1C. The van der Waals surface area contributed by atoms with Crippen molar-refractivity contribution >= 4 is 11.6 Å². The zero-order chi connectivity index (χ0) is 12.4. The maximum Gasteiger partial charge on any atom is 0.136 e. The summed E-state index contributed by atoms with van der Waals surface area (Å²) >= 11 is 0. The first-order valence-corrected chi connectivity index (χ1v) is 6.01. The number of anilines is 2. The predicted octanol–water partition coefficient (Wildman–Crippen LogP) is 1.69. The van der Waals surface area contributed by atoms with Crippen molar-refractivity contribution in [2.75, 3.05) is 24.8 Å². The van der Waals surface area contributed by atoms with E-state index in [0.29, 0.717) is 18.3 Å². The highest BCUT2D eigenvalue weighted by molar-refractivity contribution is 5.55. The second-order valence-corrected chi connectivity index (χ2v) is 4.72. The van der Waals surface area contributed by atoms with E-state index in [1.54, 1.807) is 7.11 Å². The van der Waals surface area contributed by atoms with Crippen LogP contribution in [0.1, 0.15) is 37.1 Å². The summed E-state index contributed by atoms with van der Waals surface area (Å²) in [5, 5.41) is 3.32. The van der Waals surface area contributed by atoms with Gasteiger partial charge in [0.25, 0.3) is 0 Å². The Morgan fingerprint density at radius 2 is 2.18 bits per heavy atom. The van der Waals surface area contributed by atoms with E-state index in [9.17, 15) is 0 Å². The summed E-state index contributed by atoms with van der Waals surface area (Å²) in [6.07, 6.45) is 2.35. The van der Waals surface area contributed by atoms with Gasteiger partial charge in [0.05, 0.1) is 6.61 Å². The van der Waals surface area contributed by atoms with Gasteiger partial charge in [0.1, 0.15) is 17.5 Å². The van der Waals surface area contributed by atoms with Crippen molar-refractivity contribution in [3.63, 3.8) is 0 Å². The molecule has 5 heteroatoms. The van der Waals surface area contributed by atoms with Crippen LogP contribution >= 0.6 is 0 Å². The second-order valence-electron chi connectivity index (χ2n) is 4.72. The van der Waals surface area contributed by atoms with Crippen molar-refractivity contribution in [1.82, 2.24) is 9.97 Å². The van der Waals surface area contributed by atoms with Crippen LogP contribution in [0.4, 0.5) is 11.6 Å². The van der Waals surface area contributed by atoms with Gasteiger partial charge in [-0.1, -0.05) is 0 Å². The van der Waals surface area contributed by atoms with Crippen molar-refractivity contribution in [2.24, 2.45) is 0 Å². The van der Waals surface area contributed by atoms with E-state index < -0.39 is 0 Å². The molecule has 3 N–H and O–H groups in total. The second kappa shape index (κ2) is 4.87. The van der Waals surface area contributed by atoms with Gasteiger partial charge < -0.3 is 15.8 Å². The molecule has 17 heavy (non-hydrogen) atoms. The van der Waals surface area contributed by atoms with E-state index in [1.807, 2.05) is 6.92 Å². The summed E-state index contributed by atoms with van der Waals surface area (Å²) < 4.78 is 5.10. The van der Waals surface area contributed by atoms with Crippen molar-refractivity contribution in [1.29, 1.82) is 0 Å². The van der Waals surface area contributed by atoms with Crippen LogP contribution in [0, 0.1) is 6.92 Å². The Morgan fingerprint density at radius 1 is 1.47 bits per heavy atom. The normalized spacial score (nSPS) is 16.9. The lowest BCUT2D eigenvalue weighted by atomic mass is 10.2. The average molecular weight is 236 g/mol. The number of nitrogens with two attached hydrogens (primary N) is 1. The Balaban J connectivity index is 2.19. The molecule has 1 heterocycles. The third-order valence-corrected chi connectivity index (χ3v) is 2.94. The molecule has 2 rings (SSSR count). The summed E-state index contributed by atoms with van der Waals surface area (Å²) in [4.78, 5) is 8.90. The van der Waals surface area contributed by atoms with Crippen LogP contribution in [0.3, 0.4) is 0 Å². The van der Waals surface area contributed by atoms with E-state index in [1.165, 1.54) is 12.8 Å². The third-order valence-electron chi connectivity index (χ3n) is 2.94. The monoisotopic (exact) mass is 236 g/mol. The molecular formula is C12H20N4O.